The molecule has 1 saturated heterocycles. The molecule has 1 heterocycles. The van der Waals surface area contributed by atoms with Crippen molar-refractivity contribution in [3.63, 3.8) is 0 Å². The van der Waals surface area contributed by atoms with Gasteiger partial charge in [0.2, 0.25) is 0 Å². The van der Waals surface area contributed by atoms with Gasteiger partial charge in [0, 0.05) is 38.8 Å². The van der Waals surface area contributed by atoms with E-state index < -0.39 is 5.60 Å². The summed E-state index contributed by atoms with van der Waals surface area (Å²) in [6.45, 7) is 10.2. The molecule has 0 saturated carbocycles. The van der Waals surface area contributed by atoms with Crippen LogP contribution in [-0.2, 0) is 9.47 Å². The number of alkyl carbamates (subject to hydrolysis) is 1. The molecule has 1 aliphatic heterocycles. The van der Waals surface area contributed by atoms with Gasteiger partial charge in [0.25, 0.3) is 0 Å². The van der Waals surface area contributed by atoms with E-state index in [9.17, 15) is 4.79 Å². The van der Waals surface area contributed by atoms with E-state index in [1.165, 1.54) is 0 Å². The molecule has 0 aromatic heterocycles. The summed E-state index contributed by atoms with van der Waals surface area (Å²) in [4.78, 5) is 13.9. The fourth-order valence-corrected chi connectivity index (χ4v) is 2.24. The Balaban J connectivity index is 2.28. The highest BCUT2D eigenvalue weighted by molar-refractivity contribution is 5.67. The van der Waals surface area contributed by atoms with Crippen molar-refractivity contribution in [1.82, 2.24) is 10.2 Å². The van der Waals surface area contributed by atoms with Gasteiger partial charge in [-0.1, -0.05) is 0 Å². The second-order valence-electron chi connectivity index (χ2n) is 6.11. The van der Waals surface area contributed by atoms with Crippen LogP contribution in [-0.4, -0.2) is 62.0 Å². The third-order valence-electron chi connectivity index (χ3n) is 3.19. The molecule has 1 unspecified atom stereocenters. The summed E-state index contributed by atoms with van der Waals surface area (Å²) in [6, 6.07) is 0.284. The number of hydrogen-bond donors (Lipinski definition) is 2. The molecular formula is C14H29N3O3. The van der Waals surface area contributed by atoms with Crippen molar-refractivity contribution in [3.05, 3.63) is 0 Å². The minimum Gasteiger partial charge on any atom is -0.444 e. The molecular weight excluding hydrogens is 258 g/mol. The summed E-state index contributed by atoms with van der Waals surface area (Å²) in [5, 5.41) is 2.78. The van der Waals surface area contributed by atoms with E-state index in [2.05, 4.69) is 10.2 Å². The van der Waals surface area contributed by atoms with Gasteiger partial charge in [-0.15, -0.1) is 0 Å². The Bertz CT molecular complexity index is 284. The molecule has 0 aromatic rings. The number of nitrogens with two attached hydrogens (primary N) is 1. The van der Waals surface area contributed by atoms with Crippen molar-refractivity contribution in [1.29, 1.82) is 0 Å². The highest BCUT2D eigenvalue weighted by atomic mass is 16.6. The second kappa shape index (κ2) is 8.44. The van der Waals surface area contributed by atoms with Gasteiger partial charge in [0.15, 0.2) is 0 Å². The maximum Gasteiger partial charge on any atom is 0.407 e. The smallest absolute Gasteiger partial charge is 0.407 e. The molecule has 0 radical (unpaired) electrons. The van der Waals surface area contributed by atoms with E-state index in [0.29, 0.717) is 13.1 Å². The summed E-state index contributed by atoms with van der Waals surface area (Å²) in [5.74, 6) is 0. The maximum absolute atomic E-state index is 11.6. The topological polar surface area (TPSA) is 76.8 Å². The van der Waals surface area contributed by atoms with Crippen LogP contribution in [0.15, 0.2) is 0 Å². The van der Waals surface area contributed by atoms with Crippen LogP contribution in [0.3, 0.4) is 0 Å². The predicted molar refractivity (Wildman–Crippen MR) is 78.7 cm³/mol. The molecule has 0 bridgehead atoms. The number of amides is 1. The Kier molecular flexibility index (Phi) is 7.26. The Morgan fingerprint density at radius 3 is 2.80 bits per heavy atom. The lowest BCUT2D eigenvalue weighted by Crippen LogP contribution is -2.44. The van der Waals surface area contributed by atoms with E-state index in [1.807, 2.05) is 20.8 Å². The molecule has 118 valence electrons. The van der Waals surface area contributed by atoms with Crippen LogP contribution in [0.1, 0.15) is 33.6 Å². The zero-order valence-corrected chi connectivity index (χ0v) is 13.0. The third-order valence-corrected chi connectivity index (χ3v) is 3.19. The first-order valence-corrected chi connectivity index (χ1v) is 7.41. The minimum absolute atomic E-state index is 0.284. The first-order valence-electron chi connectivity index (χ1n) is 7.41. The maximum atomic E-state index is 11.6. The molecule has 0 aromatic carbocycles. The van der Waals surface area contributed by atoms with Gasteiger partial charge in [-0.25, -0.2) is 4.79 Å². The van der Waals surface area contributed by atoms with E-state index in [4.69, 9.17) is 15.2 Å². The number of hydrogen-bond acceptors (Lipinski definition) is 5. The lowest BCUT2D eigenvalue weighted by atomic mass is 10.1. The molecule has 6 nitrogen and oxygen atoms in total. The van der Waals surface area contributed by atoms with Crippen LogP contribution < -0.4 is 11.1 Å². The summed E-state index contributed by atoms with van der Waals surface area (Å²) >= 11 is 0. The number of rotatable bonds is 5. The molecule has 0 aliphatic carbocycles. The fraction of sp³-hybridized carbons (Fsp3) is 0.929. The van der Waals surface area contributed by atoms with Gasteiger partial charge < -0.3 is 20.5 Å². The second-order valence-corrected chi connectivity index (χ2v) is 6.11. The molecule has 6 heteroatoms. The van der Waals surface area contributed by atoms with Gasteiger partial charge in [0.05, 0.1) is 6.61 Å². The lowest BCUT2D eigenvalue weighted by molar-refractivity contribution is 0.0521. The first-order chi connectivity index (χ1) is 9.42. The molecule has 0 spiro atoms. The van der Waals surface area contributed by atoms with Crippen molar-refractivity contribution >= 4 is 6.09 Å². The molecule has 20 heavy (non-hydrogen) atoms. The molecule has 1 fully saturated rings. The molecule has 1 amide bonds. The van der Waals surface area contributed by atoms with Crippen LogP contribution in [0.25, 0.3) is 0 Å². The zero-order chi connectivity index (χ0) is 15.0. The van der Waals surface area contributed by atoms with Gasteiger partial charge in [-0.2, -0.15) is 0 Å². The van der Waals surface area contributed by atoms with E-state index >= 15 is 0 Å². The Labute approximate surface area is 122 Å². The van der Waals surface area contributed by atoms with E-state index in [-0.39, 0.29) is 12.1 Å². The quantitative estimate of drug-likeness (QED) is 0.787. The number of carbonyl (C=O) groups is 1. The number of carbonyl (C=O) groups excluding carboxylic acids is 1. The molecule has 1 aliphatic rings. The largest absolute Gasteiger partial charge is 0.444 e. The van der Waals surface area contributed by atoms with Crippen molar-refractivity contribution in [3.8, 4) is 0 Å². The number of ether oxygens (including phenoxy) is 2. The Hall–Kier alpha value is -0.850. The van der Waals surface area contributed by atoms with Crippen LogP contribution in [0, 0.1) is 0 Å². The molecule has 1 rings (SSSR count). The van der Waals surface area contributed by atoms with Gasteiger partial charge in [-0.05, 0) is 33.6 Å². The monoisotopic (exact) mass is 287 g/mol. The van der Waals surface area contributed by atoms with E-state index in [1.54, 1.807) is 0 Å². The summed E-state index contributed by atoms with van der Waals surface area (Å²) < 4.78 is 10.6. The SMILES string of the molecule is CC(C)(C)OC(=O)NCCC(CN)N1CCCOCC1. The van der Waals surface area contributed by atoms with Crippen LogP contribution in [0.2, 0.25) is 0 Å². The standard InChI is InChI=1S/C14H29N3O3/c1-14(2,3)20-13(18)16-6-5-12(11-15)17-7-4-9-19-10-8-17/h12H,4-11,15H2,1-3H3,(H,16,18). The fourth-order valence-electron chi connectivity index (χ4n) is 2.24. The van der Waals surface area contributed by atoms with Gasteiger partial charge in [-0.3, -0.25) is 4.90 Å². The van der Waals surface area contributed by atoms with Crippen LogP contribution in [0.5, 0.6) is 0 Å². The summed E-state index contributed by atoms with van der Waals surface area (Å²) in [7, 11) is 0. The third kappa shape index (κ3) is 7.07. The number of nitrogens with zero attached hydrogens (tertiary/aromatic N) is 1. The Morgan fingerprint density at radius 1 is 1.40 bits per heavy atom. The zero-order valence-electron chi connectivity index (χ0n) is 13.0. The average molecular weight is 287 g/mol. The van der Waals surface area contributed by atoms with Gasteiger partial charge >= 0.3 is 6.09 Å². The van der Waals surface area contributed by atoms with Crippen LogP contribution in [0.4, 0.5) is 4.79 Å². The number of nitrogens with one attached hydrogen (secondary N) is 1. The molecule has 3 N–H and O–H groups in total. The minimum atomic E-state index is -0.459. The van der Waals surface area contributed by atoms with Crippen LogP contribution >= 0.6 is 0 Å². The lowest BCUT2D eigenvalue weighted by Gasteiger charge is -2.29. The van der Waals surface area contributed by atoms with Crippen molar-refractivity contribution < 1.29 is 14.3 Å². The van der Waals surface area contributed by atoms with Gasteiger partial charge in [0.1, 0.15) is 5.60 Å². The predicted octanol–water partition coefficient (Wildman–Crippen LogP) is 0.951. The van der Waals surface area contributed by atoms with Crippen molar-refractivity contribution in [2.24, 2.45) is 5.73 Å². The van der Waals surface area contributed by atoms with Crippen molar-refractivity contribution in [2.45, 2.75) is 45.3 Å². The van der Waals surface area contributed by atoms with Crippen molar-refractivity contribution in [2.75, 3.05) is 39.4 Å². The highest BCUT2D eigenvalue weighted by Crippen LogP contribution is 2.08. The molecule has 1 atom stereocenters. The average Bonchev–Trinajstić information content (AvgIpc) is 2.61. The summed E-state index contributed by atoms with van der Waals surface area (Å²) in [6.07, 6.45) is 1.50. The Morgan fingerprint density at radius 2 is 2.15 bits per heavy atom. The normalized spacial score (nSPS) is 19.2. The first kappa shape index (κ1) is 17.2. The van der Waals surface area contributed by atoms with E-state index in [0.717, 1.165) is 39.1 Å². The summed E-state index contributed by atoms with van der Waals surface area (Å²) in [5.41, 5.74) is 5.39. The highest BCUT2D eigenvalue weighted by Gasteiger charge is 2.20.